The van der Waals surface area contributed by atoms with Crippen LogP contribution in [-0.4, -0.2) is 22.8 Å². The lowest BCUT2D eigenvalue weighted by Crippen LogP contribution is -2.37. The van der Waals surface area contributed by atoms with Gasteiger partial charge in [0.1, 0.15) is 12.0 Å². The van der Waals surface area contributed by atoms with Gasteiger partial charge in [-0.3, -0.25) is 24.5 Å². The number of nitro benzene ring substituents is 1. The smallest absolute Gasteiger partial charge is 0.273 e. The van der Waals surface area contributed by atoms with Crippen molar-refractivity contribution < 1.29 is 19.3 Å². The fraction of sp³-hybridized carbons (Fsp3) is 0.125. The van der Waals surface area contributed by atoms with Crippen LogP contribution in [0.1, 0.15) is 17.2 Å². The average molecular weight is 440 g/mol. The van der Waals surface area contributed by atoms with Gasteiger partial charge in [-0.25, -0.2) is 9.96 Å². The molecule has 0 N–H and O–H groups in total. The highest BCUT2D eigenvalue weighted by atomic mass is 16.7. The first-order chi connectivity index (χ1) is 16.0. The fourth-order valence-electron chi connectivity index (χ4n) is 4.37. The van der Waals surface area contributed by atoms with E-state index < -0.39 is 34.8 Å². The molecule has 9 heteroatoms. The van der Waals surface area contributed by atoms with Gasteiger partial charge in [0, 0.05) is 6.07 Å². The van der Waals surface area contributed by atoms with Crippen molar-refractivity contribution in [1.29, 1.82) is 5.26 Å². The number of carbonyl (C=O) groups is 2. The zero-order valence-electron chi connectivity index (χ0n) is 17.1. The second-order valence-corrected chi connectivity index (χ2v) is 7.64. The number of hydrogen-bond acceptors (Lipinski definition) is 7. The number of hydrogen-bond donors (Lipinski definition) is 0. The quantitative estimate of drug-likeness (QED) is 0.346. The molecule has 33 heavy (non-hydrogen) atoms. The molecule has 2 saturated heterocycles. The van der Waals surface area contributed by atoms with E-state index in [1.807, 2.05) is 12.1 Å². The molecule has 3 aromatic rings. The molecular weight excluding hydrogens is 424 g/mol. The van der Waals surface area contributed by atoms with Crippen LogP contribution in [0.15, 0.2) is 78.9 Å². The Labute approximate surface area is 188 Å². The van der Waals surface area contributed by atoms with E-state index in [1.54, 1.807) is 42.5 Å². The summed E-state index contributed by atoms with van der Waals surface area (Å²) in [5.74, 6) is -2.07. The summed E-state index contributed by atoms with van der Waals surface area (Å²) in [6.07, 6.45) is -1.14. The first-order valence-electron chi connectivity index (χ1n) is 10.1. The Bertz CT molecular complexity index is 1300. The Morgan fingerprint density at radius 1 is 0.879 bits per heavy atom. The monoisotopic (exact) mass is 440 g/mol. The molecule has 0 aliphatic carbocycles. The second-order valence-electron chi connectivity index (χ2n) is 7.64. The Balaban J connectivity index is 1.62. The summed E-state index contributed by atoms with van der Waals surface area (Å²) in [5.41, 5.74) is 1.39. The first-order valence-corrected chi connectivity index (χ1v) is 10.1. The molecular formula is C24H16N4O5. The lowest BCUT2D eigenvalue weighted by molar-refractivity contribution is -0.385. The van der Waals surface area contributed by atoms with Crippen LogP contribution in [-0.2, 0) is 14.4 Å². The number of benzene rings is 3. The maximum Gasteiger partial charge on any atom is 0.274 e. The van der Waals surface area contributed by atoms with Gasteiger partial charge in [0.2, 0.25) is 5.91 Å². The summed E-state index contributed by atoms with van der Waals surface area (Å²) >= 11 is 0. The number of nitriles is 1. The van der Waals surface area contributed by atoms with E-state index in [1.165, 1.54) is 35.4 Å². The standard InChI is InChI=1S/C24H16N4O5/c25-14-15-10-12-16(13-11-15)26-23(29)20-21(18-8-4-5-9-19(18)28(31)32)27(33-22(20)24(26)30)17-6-2-1-3-7-17/h1-13,20-22H/t20-,21-,22+/m0/s1. The lowest BCUT2D eigenvalue weighted by atomic mass is 9.89. The normalized spacial score (nSPS) is 21.7. The van der Waals surface area contributed by atoms with Gasteiger partial charge in [0.15, 0.2) is 6.10 Å². The number of carbonyl (C=O) groups excluding carboxylic acids is 2. The van der Waals surface area contributed by atoms with Gasteiger partial charge < -0.3 is 0 Å². The number of nitrogens with zero attached hydrogens (tertiary/aromatic N) is 4. The number of imide groups is 1. The number of anilines is 2. The van der Waals surface area contributed by atoms with Gasteiger partial charge >= 0.3 is 0 Å². The van der Waals surface area contributed by atoms with Crippen LogP contribution in [0.2, 0.25) is 0 Å². The number of rotatable bonds is 4. The minimum atomic E-state index is -1.14. The number of amides is 2. The van der Waals surface area contributed by atoms with Crippen molar-refractivity contribution in [2.75, 3.05) is 9.96 Å². The Kier molecular flexibility index (Phi) is 4.84. The molecule has 3 atom stereocenters. The molecule has 0 bridgehead atoms. The fourth-order valence-corrected chi connectivity index (χ4v) is 4.37. The van der Waals surface area contributed by atoms with Crippen LogP contribution >= 0.6 is 0 Å². The van der Waals surface area contributed by atoms with E-state index in [2.05, 4.69) is 0 Å². The zero-order chi connectivity index (χ0) is 23.1. The molecule has 5 rings (SSSR count). The molecule has 2 aliphatic rings. The Morgan fingerprint density at radius 3 is 2.21 bits per heavy atom. The summed E-state index contributed by atoms with van der Waals surface area (Å²) in [6, 6.07) is 22.2. The highest BCUT2D eigenvalue weighted by Gasteiger charge is 2.61. The summed E-state index contributed by atoms with van der Waals surface area (Å²) < 4.78 is 0. The van der Waals surface area contributed by atoms with E-state index in [4.69, 9.17) is 10.1 Å². The van der Waals surface area contributed by atoms with Crippen molar-refractivity contribution in [1.82, 2.24) is 0 Å². The highest BCUT2D eigenvalue weighted by molar-refractivity contribution is 6.24. The van der Waals surface area contributed by atoms with Gasteiger partial charge in [-0.2, -0.15) is 5.26 Å². The lowest BCUT2D eigenvalue weighted by Gasteiger charge is -2.28. The van der Waals surface area contributed by atoms with Gasteiger partial charge in [-0.05, 0) is 42.5 Å². The van der Waals surface area contributed by atoms with Crippen LogP contribution in [0.5, 0.6) is 0 Å². The van der Waals surface area contributed by atoms with Crippen LogP contribution < -0.4 is 9.96 Å². The third-order valence-electron chi connectivity index (χ3n) is 5.83. The average Bonchev–Trinajstić information content (AvgIpc) is 3.35. The van der Waals surface area contributed by atoms with Crippen LogP contribution in [0.4, 0.5) is 17.1 Å². The summed E-state index contributed by atoms with van der Waals surface area (Å²) in [6.45, 7) is 0. The highest BCUT2D eigenvalue weighted by Crippen LogP contribution is 2.49. The molecule has 3 aromatic carbocycles. The molecule has 0 unspecified atom stereocenters. The van der Waals surface area contributed by atoms with Gasteiger partial charge in [-0.15, -0.1) is 0 Å². The number of fused-ring (bicyclic) bond motifs is 1. The first kappa shape index (κ1) is 20.4. The van der Waals surface area contributed by atoms with Crippen molar-refractivity contribution in [3.05, 3.63) is 100 Å². The van der Waals surface area contributed by atoms with E-state index in [0.717, 1.165) is 4.90 Å². The molecule has 2 amide bonds. The minimum Gasteiger partial charge on any atom is -0.273 e. The van der Waals surface area contributed by atoms with Crippen molar-refractivity contribution in [3.8, 4) is 6.07 Å². The SMILES string of the molecule is N#Cc1ccc(N2C(=O)[C@@H]3[C@@H](ON(c4ccccc4)[C@H]3c3ccccc3[N+](=O)[O-])C2=O)cc1. The van der Waals surface area contributed by atoms with Crippen molar-refractivity contribution in [2.45, 2.75) is 12.1 Å². The van der Waals surface area contributed by atoms with Crippen LogP contribution in [0, 0.1) is 27.4 Å². The second kappa shape index (κ2) is 7.85. The molecule has 0 aromatic heterocycles. The molecule has 9 nitrogen and oxygen atoms in total. The molecule has 0 saturated carbocycles. The van der Waals surface area contributed by atoms with Gasteiger partial charge in [-0.1, -0.05) is 30.3 Å². The van der Waals surface area contributed by atoms with Crippen LogP contribution in [0.3, 0.4) is 0 Å². The molecule has 2 fully saturated rings. The van der Waals surface area contributed by atoms with E-state index in [0.29, 0.717) is 16.9 Å². The predicted octanol–water partition coefficient (Wildman–Crippen LogP) is 3.52. The van der Waals surface area contributed by atoms with Crippen LogP contribution in [0.25, 0.3) is 0 Å². The molecule has 162 valence electrons. The number of nitro groups is 1. The number of para-hydroxylation sites is 2. The summed E-state index contributed by atoms with van der Waals surface area (Å²) in [4.78, 5) is 45.1. The molecule has 2 heterocycles. The maximum absolute atomic E-state index is 13.6. The largest absolute Gasteiger partial charge is 0.274 e. The van der Waals surface area contributed by atoms with E-state index >= 15 is 0 Å². The summed E-state index contributed by atoms with van der Waals surface area (Å²) in [7, 11) is 0. The number of hydroxylamine groups is 1. The third-order valence-corrected chi connectivity index (χ3v) is 5.83. The summed E-state index contributed by atoms with van der Waals surface area (Å²) in [5, 5.41) is 22.2. The van der Waals surface area contributed by atoms with Gasteiger partial charge in [0.05, 0.1) is 33.5 Å². The van der Waals surface area contributed by atoms with Crippen molar-refractivity contribution in [3.63, 3.8) is 0 Å². The Hall–Kier alpha value is -4.55. The van der Waals surface area contributed by atoms with Crippen molar-refractivity contribution >= 4 is 28.9 Å². The molecule has 0 spiro atoms. The predicted molar refractivity (Wildman–Crippen MR) is 117 cm³/mol. The van der Waals surface area contributed by atoms with Gasteiger partial charge in [0.25, 0.3) is 11.6 Å². The van der Waals surface area contributed by atoms with E-state index in [9.17, 15) is 19.7 Å². The van der Waals surface area contributed by atoms with Crippen molar-refractivity contribution in [2.24, 2.45) is 5.92 Å². The maximum atomic E-state index is 13.6. The topological polar surface area (TPSA) is 117 Å². The minimum absolute atomic E-state index is 0.162. The third kappa shape index (κ3) is 3.21. The Morgan fingerprint density at radius 2 is 1.55 bits per heavy atom. The van der Waals surface area contributed by atoms with E-state index in [-0.39, 0.29) is 11.3 Å². The zero-order valence-corrected chi connectivity index (χ0v) is 17.1. The molecule has 0 radical (unpaired) electrons. The molecule has 2 aliphatic heterocycles.